The van der Waals surface area contributed by atoms with Gasteiger partial charge in [0.05, 0.1) is 12.3 Å². The second kappa shape index (κ2) is 8.12. The fourth-order valence-electron chi connectivity index (χ4n) is 1.99. The van der Waals surface area contributed by atoms with Gasteiger partial charge < -0.3 is 15.0 Å². The van der Waals surface area contributed by atoms with Crippen LogP contribution in [-0.4, -0.2) is 33.4 Å². The van der Waals surface area contributed by atoms with Crippen LogP contribution in [0.25, 0.3) is 0 Å². The highest BCUT2D eigenvalue weighted by Gasteiger charge is 2.11. The average Bonchev–Trinajstić information content (AvgIpc) is 2.39. The molecule has 0 aliphatic heterocycles. The molecule has 1 aromatic rings. The van der Waals surface area contributed by atoms with Crippen molar-refractivity contribution in [2.75, 3.05) is 38.3 Å². The third kappa shape index (κ3) is 4.80. The van der Waals surface area contributed by atoms with Gasteiger partial charge in [0.15, 0.2) is 0 Å². The summed E-state index contributed by atoms with van der Waals surface area (Å²) >= 11 is 0. The van der Waals surface area contributed by atoms with Crippen LogP contribution in [0.2, 0.25) is 0 Å². The van der Waals surface area contributed by atoms with E-state index in [4.69, 9.17) is 4.74 Å². The van der Waals surface area contributed by atoms with Gasteiger partial charge in [-0.1, -0.05) is 13.0 Å². The van der Waals surface area contributed by atoms with Gasteiger partial charge in [0, 0.05) is 26.2 Å². The third-order valence-electron chi connectivity index (χ3n) is 3.17. The van der Waals surface area contributed by atoms with E-state index in [-0.39, 0.29) is 11.9 Å². The first-order valence-corrected chi connectivity index (χ1v) is 6.91. The van der Waals surface area contributed by atoms with Crippen molar-refractivity contribution in [3.63, 3.8) is 0 Å². The molecule has 0 saturated heterocycles. The van der Waals surface area contributed by atoms with Crippen molar-refractivity contribution >= 4 is 5.69 Å². The SMILES string of the molecule is CCNC(C)c1ccc(N(C)CCOCC)c(F)c1. The van der Waals surface area contributed by atoms with Crippen LogP contribution in [0.4, 0.5) is 10.1 Å². The lowest BCUT2D eigenvalue weighted by molar-refractivity contribution is 0.154. The minimum Gasteiger partial charge on any atom is -0.380 e. The molecule has 0 fully saturated rings. The van der Waals surface area contributed by atoms with Gasteiger partial charge >= 0.3 is 0 Å². The molecule has 0 aliphatic carbocycles. The van der Waals surface area contributed by atoms with Crippen LogP contribution in [0.1, 0.15) is 32.4 Å². The summed E-state index contributed by atoms with van der Waals surface area (Å²) in [5.41, 5.74) is 1.59. The van der Waals surface area contributed by atoms with Gasteiger partial charge in [0.2, 0.25) is 0 Å². The second-order valence-corrected chi connectivity index (χ2v) is 4.61. The number of nitrogens with zero attached hydrogens (tertiary/aromatic N) is 1. The molecule has 0 saturated carbocycles. The fraction of sp³-hybridized carbons (Fsp3) is 0.600. The Morgan fingerprint density at radius 2 is 2.11 bits per heavy atom. The van der Waals surface area contributed by atoms with Crippen LogP contribution in [0.5, 0.6) is 0 Å². The van der Waals surface area contributed by atoms with Gasteiger partial charge in [0.25, 0.3) is 0 Å². The van der Waals surface area contributed by atoms with Crippen molar-refractivity contribution < 1.29 is 9.13 Å². The lowest BCUT2D eigenvalue weighted by atomic mass is 10.1. The van der Waals surface area contributed by atoms with Crippen LogP contribution in [0.15, 0.2) is 18.2 Å². The zero-order valence-electron chi connectivity index (χ0n) is 12.4. The quantitative estimate of drug-likeness (QED) is 0.734. The molecular weight excluding hydrogens is 243 g/mol. The van der Waals surface area contributed by atoms with Crippen LogP contribution in [0, 0.1) is 5.82 Å². The van der Waals surface area contributed by atoms with E-state index in [0.29, 0.717) is 25.4 Å². The zero-order valence-corrected chi connectivity index (χ0v) is 12.4. The Morgan fingerprint density at radius 1 is 1.37 bits per heavy atom. The molecule has 1 aromatic carbocycles. The fourth-order valence-corrected chi connectivity index (χ4v) is 1.99. The van der Waals surface area contributed by atoms with Gasteiger partial charge in [-0.25, -0.2) is 4.39 Å². The highest BCUT2D eigenvalue weighted by Crippen LogP contribution is 2.22. The van der Waals surface area contributed by atoms with E-state index in [2.05, 4.69) is 5.32 Å². The van der Waals surface area contributed by atoms with Crippen molar-refractivity contribution in [1.29, 1.82) is 0 Å². The zero-order chi connectivity index (χ0) is 14.3. The Hall–Kier alpha value is -1.13. The molecule has 0 aliphatic rings. The molecule has 0 spiro atoms. The maximum absolute atomic E-state index is 14.1. The molecule has 1 N–H and O–H groups in total. The summed E-state index contributed by atoms with van der Waals surface area (Å²) in [4.78, 5) is 1.88. The molecular formula is C15H25FN2O. The first kappa shape index (κ1) is 15.9. The Bertz CT molecular complexity index is 384. The maximum atomic E-state index is 14.1. The minimum atomic E-state index is -0.179. The Balaban J connectivity index is 2.70. The molecule has 0 radical (unpaired) electrons. The van der Waals surface area contributed by atoms with Gasteiger partial charge in [-0.05, 0) is 38.1 Å². The number of halogens is 1. The molecule has 0 aromatic heterocycles. The smallest absolute Gasteiger partial charge is 0.146 e. The summed E-state index contributed by atoms with van der Waals surface area (Å²) in [6.07, 6.45) is 0. The number of hydrogen-bond donors (Lipinski definition) is 1. The first-order chi connectivity index (χ1) is 9.10. The second-order valence-electron chi connectivity index (χ2n) is 4.61. The minimum absolute atomic E-state index is 0.169. The summed E-state index contributed by atoms with van der Waals surface area (Å²) < 4.78 is 19.4. The Labute approximate surface area is 115 Å². The summed E-state index contributed by atoms with van der Waals surface area (Å²) in [5.74, 6) is -0.179. The molecule has 19 heavy (non-hydrogen) atoms. The van der Waals surface area contributed by atoms with Crippen molar-refractivity contribution in [1.82, 2.24) is 5.32 Å². The van der Waals surface area contributed by atoms with E-state index in [0.717, 1.165) is 12.1 Å². The molecule has 0 amide bonds. The maximum Gasteiger partial charge on any atom is 0.146 e. The predicted molar refractivity (Wildman–Crippen MR) is 78.3 cm³/mol. The van der Waals surface area contributed by atoms with Gasteiger partial charge in [0.1, 0.15) is 5.82 Å². The average molecular weight is 268 g/mol. The molecule has 4 heteroatoms. The summed E-state index contributed by atoms with van der Waals surface area (Å²) in [5, 5.41) is 3.28. The van der Waals surface area contributed by atoms with Gasteiger partial charge in [-0.2, -0.15) is 0 Å². The number of nitrogens with one attached hydrogen (secondary N) is 1. The molecule has 1 unspecified atom stereocenters. The van der Waals surface area contributed by atoms with Gasteiger partial charge in [-0.3, -0.25) is 0 Å². The van der Waals surface area contributed by atoms with Crippen LogP contribution in [-0.2, 0) is 4.74 Å². The number of likely N-dealkylation sites (N-methyl/N-ethyl adjacent to an activating group) is 1. The highest BCUT2D eigenvalue weighted by atomic mass is 19.1. The van der Waals surface area contributed by atoms with Crippen LogP contribution >= 0.6 is 0 Å². The predicted octanol–water partition coefficient (Wildman–Crippen LogP) is 2.97. The summed E-state index contributed by atoms with van der Waals surface area (Å²) in [6.45, 7) is 8.90. The standard InChI is InChI=1S/C15H25FN2O/c1-5-17-12(3)13-7-8-15(14(16)11-13)18(4)9-10-19-6-2/h7-8,11-12,17H,5-6,9-10H2,1-4H3. The molecule has 0 bridgehead atoms. The van der Waals surface area contributed by atoms with E-state index in [1.807, 2.05) is 44.9 Å². The van der Waals surface area contributed by atoms with E-state index >= 15 is 0 Å². The molecule has 108 valence electrons. The summed E-state index contributed by atoms with van der Waals surface area (Å²) in [6, 6.07) is 5.59. The molecule has 1 rings (SSSR count). The molecule has 1 atom stereocenters. The van der Waals surface area contributed by atoms with E-state index in [9.17, 15) is 4.39 Å². The van der Waals surface area contributed by atoms with Crippen LogP contribution in [0.3, 0.4) is 0 Å². The Kier molecular flexibility index (Phi) is 6.81. The lowest BCUT2D eigenvalue weighted by Crippen LogP contribution is -2.24. The topological polar surface area (TPSA) is 24.5 Å². The number of hydrogen-bond acceptors (Lipinski definition) is 3. The van der Waals surface area contributed by atoms with Crippen LogP contribution < -0.4 is 10.2 Å². The van der Waals surface area contributed by atoms with E-state index < -0.39 is 0 Å². The number of benzene rings is 1. The number of rotatable bonds is 8. The van der Waals surface area contributed by atoms with Gasteiger partial charge in [-0.15, -0.1) is 0 Å². The largest absolute Gasteiger partial charge is 0.380 e. The normalized spacial score (nSPS) is 12.5. The summed E-state index contributed by atoms with van der Waals surface area (Å²) in [7, 11) is 1.88. The van der Waals surface area contributed by atoms with Crippen molar-refractivity contribution in [2.24, 2.45) is 0 Å². The van der Waals surface area contributed by atoms with Crippen molar-refractivity contribution in [3.8, 4) is 0 Å². The van der Waals surface area contributed by atoms with Crippen molar-refractivity contribution in [2.45, 2.75) is 26.8 Å². The third-order valence-corrected chi connectivity index (χ3v) is 3.17. The monoisotopic (exact) mass is 268 g/mol. The lowest BCUT2D eigenvalue weighted by Gasteiger charge is -2.21. The number of anilines is 1. The number of ether oxygens (including phenoxy) is 1. The first-order valence-electron chi connectivity index (χ1n) is 6.91. The highest BCUT2D eigenvalue weighted by molar-refractivity contribution is 5.48. The van der Waals surface area contributed by atoms with E-state index in [1.165, 1.54) is 0 Å². The van der Waals surface area contributed by atoms with E-state index in [1.54, 1.807) is 6.07 Å². The van der Waals surface area contributed by atoms with Crippen molar-refractivity contribution in [3.05, 3.63) is 29.6 Å². The molecule has 3 nitrogen and oxygen atoms in total. The Morgan fingerprint density at radius 3 is 2.68 bits per heavy atom. The molecule has 0 heterocycles.